The van der Waals surface area contributed by atoms with Crippen LogP contribution in [0.25, 0.3) is 0 Å². The fourth-order valence-corrected chi connectivity index (χ4v) is 8.79. The Bertz CT molecular complexity index is 1850. The van der Waals surface area contributed by atoms with E-state index in [4.69, 9.17) is 9.47 Å². The molecule has 5 nitrogen and oxygen atoms in total. The molecule has 0 aliphatic carbocycles. The minimum absolute atomic E-state index is 0.0891. The fourth-order valence-electron chi connectivity index (χ4n) is 8.79. The Labute approximate surface area is 505 Å². The zero-order chi connectivity index (χ0) is 59.1. The number of hydrogen-bond acceptors (Lipinski definition) is 5. The molecule has 0 rings (SSSR count). The minimum atomic E-state index is -0.804. The van der Waals surface area contributed by atoms with Gasteiger partial charge < -0.3 is 14.6 Å². The zero-order valence-corrected chi connectivity index (χ0v) is 52.7. The Morgan fingerprint density at radius 2 is 0.488 bits per heavy atom. The van der Waals surface area contributed by atoms with E-state index >= 15 is 0 Å². The third-order valence-corrected chi connectivity index (χ3v) is 13.7. The van der Waals surface area contributed by atoms with Crippen LogP contribution in [-0.4, -0.2) is 36.4 Å². The van der Waals surface area contributed by atoms with E-state index in [0.29, 0.717) is 12.8 Å². The number of carbonyl (C=O) groups is 2. The molecule has 1 N–H and O–H groups in total. The van der Waals surface area contributed by atoms with Gasteiger partial charge >= 0.3 is 11.9 Å². The highest BCUT2D eigenvalue weighted by atomic mass is 16.6. The van der Waals surface area contributed by atoms with Gasteiger partial charge in [-0.1, -0.05) is 305 Å². The molecular weight excluding hydrogens is 1000 g/mol. The molecule has 82 heavy (non-hydrogen) atoms. The molecule has 1 atom stereocenters. The van der Waals surface area contributed by atoms with Crippen LogP contribution in [0.4, 0.5) is 0 Å². The first-order valence-corrected chi connectivity index (χ1v) is 33.3. The maximum atomic E-state index is 12.3. The van der Waals surface area contributed by atoms with Gasteiger partial charge in [-0.2, -0.15) is 0 Å². The van der Waals surface area contributed by atoms with Crippen molar-refractivity contribution in [2.45, 2.75) is 277 Å². The highest BCUT2D eigenvalue weighted by Crippen LogP contribution is 2.16. The normalized spacial score (nSPS) is 13.5. The molecule has 0 aromatic heterocycles. The summed E-state index contributed by atoms with van der Waals surface area (Å²) in [5, 5.41) is 9.69. The number of esters is 2. The Hall–Kier alpha value is -5.00. The van der Waals surface area contributed by atoms with Gasteiger partial charge in [-0.25, -0.2) is 0 Å². The maximum absolute atomic E-state index is 12.3. The first kappa shape index (κ1) is 77.0. The van der Waals surface area contributed by atoms with Crippen molar-refractivity contribution in [3.63, 3.8) is 0 Å². The monoisotopic (exact) mass is 1130 g/mol. The summed E-state index contributed by atoms with van der Waals surface area (Å²) in [5.41, 5.74) is 0. The molecule has 0 saturated heterocycles. The van der Waals surface area contributed by atoms with Crippen molar-refractivity contribution in [1.82, 2.24) is 0 Å². The quantitative estimate of drug-likeness (QED) is 0.0373. The topological polar surface area (TPSA) is 72.8 Å². The van der Waals surface area contributed by atoms with Crippen LogP contribution in [0.15, 0.2) is 182 Å². The summed E-state index contributed by atoms with van der Waals surface area (Å²) in [7, 11) is 0. The molecule has 0 bridgehead atoms. The predicted molar refractivity (Wildman–Crippen MR) is 361 cm³/mol. The van der Waals surface area contributed by atoms with E-state index in [1.54, 1.807) is 0 Å². The van der Waals surface area contributed by atoms with Gasteiger partial charge in [0, 0.05) is 12.8 Å². The molecule has 0 aliphatic heterocycles. The molecular formula is C77H122O5. The van der Waals surface area contributed by atoms with Crippen molar-refractivity contribution in [2.24, 2.45) is 0 Å². The lowest BCUT2D eigenvalue weighted by Gasteiger charge is -2.15. The molecule has 0 amide bonds. The summed E-state index contributed by atoms with van der Waals surface area (Å²) < 4.78 is 10.7. The molecule has 0 spiro atoms. The molecule has 1 unspecified atom stereocenters. The number of ether oxygens (including phenoxy) is 2. The molecule has 5 heteroatoms. The molecule has 0 heterocycles. The standard InChI is InChI=1S/C77H122O5/c1-3-5-7-9-11-13-15-17-19-21-23-25-27-29-31-33-35-36-37-38-39-40-42-43-45-47-49-51-53-55-57-59-61-63-65-67-69-71-76(79)81-74-75(73-78)82-77(80)72-70-68-66-64-62-60-58-56-54-52-50-48-46-44-41-34-32-30-28-26-24-22-20-18-16-14-12-10-8-6-4-2/h5-8,11-14,17-20,23-26,29-32,35-36,41,44,48,50,54,56,60,62,75,78H,3-4,9-10,15-16,21-22,27-28,33-34,37-40,42-43,45-47,49,51-53,55,57-59,61,63-74H2,1-2H3/b7-5-,8-6-,13-11-,14-12-,19-17-,20-18-,25-23-,26-24-,31-29-,32-30-,36-35-,44-41-,50-48-,56-54-,62-60-. The van der Waals surface area contributed by atoms with Crippen LogP contribution in [0.3, 0.4) is 0 Å². The minimum Gasteiger partial charge on any atom is -0.462 e. The van der Waals surface area contributed by atoms with Crippen molar-refractivity contribution < 1.29 is 24.2 Å². The van der Waals surface area contributed by atoms with Crippen LogP contribution in [0.5, 0.6) is 0 Å². The van der Waals surface area contributed by atoms with E-state index < -0.39 is 6.10 Å². The third kappa shape index (κ3) is 67.5. The van der Waals surface area contributed by atoms with Crippen LogP contribution in [0, 0.1) is 0 Å². The second-order valence-electron chi connectivity index (χ2n) is 21.4. The molecule has 0 aromatic carbocycles. The van der Waals surface area contributed by atoms with Crippen LogP contribution in [0.2, 0.25) is 0 Å². The summed E-state index contributed by atoms with van der Waals surface area (Å²) in [6.07, 6.45) is 110. The molecule has 0 radical (unpaired) electrons. The Morgan fingerprint density at radius 3 is 0.744 bits per heavy atom. The van der Waals surface area contributed by atoms with Gasteiger partial charge in [0.25, 0.3) is 0 Å². The van der Waals surface area contributed by atoms with Crippen LogP contribution < -0.4 is 0 Å². The van der Waals surface area contributed by atoms with Crippen molar-refractivity contribution >= 4 is 11.9 Å². The molecule has 0 aliphatic rings. The van der Waals surface area contributed by atoms with Crippen LogP contribution >= 0.6 is 0 Å². The third-order valence-electron chi connectivity index (χ3n) is 13.7. The molecule has 0 fully saturated rings. The van der Waals surface area contributed by atoms with Crippen LogP contribution in [-0.2, 0) is 19.1 Å². The molecule has 0 saturated carbocycles. The lowest BCUT2D eigenvalue weighted by molar-refractivity contribution is -0.161. The highest BCUT2D eigenvalue weighted by molar-refractivity contribution is 5.70. The molecule has 460 valence electrons. The van der Waals surface area contributed by atoms with Crippen molar-refractivity contribution in [2.75, 3.05) is 13.2 Å². The second kappa shape index (κ2) is 70.3. The summed E-state index contributed by atoms with van der Waals surface area (Å²) in [4.78, 5) is 24.6. The number of aliphatic hydroxyl groups is 1. The number of unbranched alkanes of at least 4 members (excludes halogenated alkanes) is 21. The number of carbonyl (C=O) groups excluding carboxylic acids is 2. The Morgan fingerprint density at radius 1 is 0.280 bits per heavy atom. The van der Waals surface area contributed by atoms with Crippen molar-refractivity contribution in [1.29, 1.82) is 0 Å². The van der Waals surface area contributed by atoms with E-state index in [1.165, 1.54) is 103 Å². The van der Waals surface area contributed by atoms with E-state index in [-0.39, 0.29) is 25.2 Å². The van der Waals surface area contributed by atoms with Gasteiger partial charge in [-0.05, 0) is 135 Å². The number of hydrogen-bond donors (Lipinski definition) is 1. The second-order valence-corrected chi connectivity index (χ2v) is 21.4. The maximum Gasteiger partial charge on any atom is 0.306 e. The average molecular weight is 1130 g/mol. The summed E-state index contributed by atoms with van der Waals surface area (Å²) in [6, 6.07) is 0. The Balaban J connectivity index is 3.58. The average Bonchev–Trinajstić information content (AvgIpc) is 3.49. The first-order chi connectivity index (χ1) is 40.6. The number of aliphatic hydroxyl groups excluding tert-OH is 1. The zero-order valence-electron chi connectivity index (χ0n) is 52.7. The van der Waals surface area contributed by atoms with Gasteiger partial charge in [-0.3, -0.25) is 9.59 Å². The van der Waals surface area contributed by atoms with Gasteiger partial charge in [0.05, 0.1) is 6.61 Å². The predicted octanol–water partition coefficient (Wildman–Crippen LogP) is 23.4. The number of rotatable bonds is 59. The van der Waals surface area contributed by atoms with Crippen molar-refractivity contribution in [3.8, 4) is 0 Å². The lowest BCUT2D eigenvalue weighted by atomic mass is 10.0. The fraction of sp³-hybridized carbons (Fsp3) is 0.584. The molecule has 0 aromatic rings. The number of allylic oxidation sites excluding steroid dienone is 30. The largest absolute Gasteiger partial charge is 0.462 e. The lowest BCUT2D eigenvalue weighted by Crippen LogP contribution is -2.28. The van der Waals surface area contributed by atoms with E-state index in [1.807, 2.05) is 0 Å². The van der Waals surface area contributed by atoms with E-state index in [0.717, 1.165) is 141 Å². The summed E-state index contributed by atoms with van der Waals surface area (Å²) in [5.74, 6) is -0.635. The van der Waals surface area contributed by atoms with E-state index in [2.05, 4.69) is 196 Å². The highest BCUT2D eigenvalue weighted by Gasteiger charge is 2.16. The van der Waals surface area contributed by atoms with Gasteiger partial charge in [0.2, 0.25) is 0 Å². The van der Waals surface area contributed by atoms with E-state index in [9.17, 15) is 14.7 Å². The Kier molecular flexibility index (Phi) is 66.0. The first-order valence-electron chi connectivity index (χ1n) is 33.3. The summed E-state index contributed by atoms with van der Waals surface area (Å²) in [6.45, 7) is 3.89. The summed E-state index contributed by atoms with van der Waals surface area (Å²) >= 11 is 0. The van der Waals surface area contributed by atoms with Gasteiger partial charge in [0.1, 0.15) is 6.61 Å². The van der Waals surface area contributed by atoms with Gasteiger partial charge in [0.15, 0.2) is 6.10 Å². The SMILES string of the molecule is CC/C=C\C/C=C\C/C=C\C/C=C\C/C=C\C/C=C\C/C=C\C/C=C\C/C=C\CCCCCC(=O)OC(CO)COC(=O)CCCCCCCCCCCCCCCCCCCC/C=C\C/C=C\C/C=C\C/C=C\C/C=C\C/C=C\CC. The van der Waals surface area contributed by atoms with Gasteiger partial charge in [-0.15, -0.1) is 0 Å². The van der Waals surface area contributed by atoms with Crippen LogP contribution in [0.1, 0.15) is 271 Å². The van der Waals surface area contributed by atoms with Crippen molar-refractivity contribution in [3.05, 3.63) is 182 Å². The smallest absolute Gasteiger partial charge is 0.306 e.